The van der Waals surface area contributed by atoms with Crippen LogP contribution < -0.4 is 5.32 Å². The van der Waals surface area contributed by atoms with Gasteiger partial charge in [0.2, 0.25) is 0 Å². The SMILES string of the molecule is Cc1ccc(-n2nc(C(=O)N3CCNC(C)C3C)c3c2CCC3)cc1.Cl. The van der Waals surface area contributed by atoms with Gasteiger partial charge in [-0.05, 0) is 52.2 Å². The van der Waals surface area contributed by atoms with E-state index in [1.165, 1.54) is 11.3 Å². The first-order valence-corrected chi connectivity index (χ1v) is 9.28. The van der Waals surface area contributed by atoms with E-state index < -0.39 is 0 Å². The smallest absolute Gasteiger partial charge is 0.275 e. The second kappa shape index (κ2) is 7.41. The second-order valence-corrected chi connectivity index (χ2v) is 7.36. The van der Waals surface area contributed by atoms with E-state index in [1.807, 2.05) is 9.58 Å². The predicted molar refractivity (Wildman–Crippen MR) is 106 cm³/mol. The molecule has 2 atom stereocenters. The summed E-state index contributed by atoms with van der Waals surface area (Å²) < 4.78 is 1.99. The van der Waals surface area contributed by atoms with Crippen LogP contribution in [0.25, 0.3) is 5.69 Å². The summed E-state index contributed by atoms with van der Waals surface area (Å²) in [6.07, 6.45) is 3.06. The number of carbonyl (C=O) groups excluding carboxylic acids is 1. The number of aryl methyl sites for hydroxylation is 1. The average molecular weight is 375 g/mol. The maximum atomic E-state index is 13.2. The maximum Gasteiger partial charge on any atom is 0.275 e. The number of aromatic nitrogens is 2. The van der Waals surface area contributed by atoms with Gasteiger partial charge in [-0.3, -0.25) is 4.79 Å². The number of benzene rings is 1. The van der Waals surface area contributed by atoms with Crippen molar-refractivity contribution in [1.82, 2.24) is 20.0 Å². The zero-order chi connectivity index (χ0) is 17.6. The van der Waals surface area contributed by atoms with Crippen LogP contribution >= 0.6 is 12.4 Å². The summed E-state index contributed by atoms with van der Waals surface area (Å²) in [6.45, 7) is 7.93. The van der Waals surface area contributed by atoms with Gasteiger partial charge in [-0.15, -0.1) is 12.4 Å². The number of piperazine rings is 1. The van der Waals surface area contributed by atoms with Crippen molar-refractivity contribution in [2.45, 2.75) is 52.1 Å². The molecule has 1 N–H and O–H groups in total. The van der Waals surface area contributed by atoms with Crippen LogP contribution in [0.3, 0.4) is 0 Å². The third-order valence-electron chi connectivity index (χ3n) is 5.71. The van der Waals surface area contributed by atoms with Gasteiger partial charge in [0.25, 0.3) is 5.91 Å². The minimum Gasteiger partial charge on any atom is -0.332 e. The highest BCUT2D eigenvalue weighted by molar-refractivity contribution is 5.94. The maximum absolute atomic E-state index is 13.2. The highest BCUT2D eigenvalue weighted by Gasteiger charge is 2.34. The van der Waals surface area contributed by atoms with E-state index >= 15 is 0 Å². The Bertz CT molecular complexity index is 799. The highest BCUT2D eigenvalue weighted by Crippen LogP contribution is 2.29. The van der Waals surface area contributed by atoms with Crippen LogP contribution in [-0.4, -0.2) is 45.8 Å². The molecule has 1 amide bonds. The molecule has 140 valence electrons. The fourth-order valence-electron chi connectivity index (χ4n) is 3.99. The summed E-state index contributed by atoms with van der Waals surface area (Å²) in [5, 5.41) is 8.21. The predicted octanol–water partition coefficient (Wildman–Crippen LogP) is 2.91. The lowest BCUT2D eigenvalue weighted by molar-refractivity contribution is 0.0595. The Balaban J connectivity index is 0.00000196. The molecule has 2 unspecified atom stereocenters. The standard InChI is InChI=1S/C20H26N4O.ClH/c1-13-7-9-16(10-8-13)24-18-6-4-5-17(18)19(22-24)20(25)23-12-11-21-14(2)15(23)3;/h7-10,14-15,21H,4-6,11-12H2,1-3H3;1H. The van der Waals surface area contributed by atoms with E-state index in [0.717, 1.165) is 43.6 Å². The molecule has 0 radical (unpaired) electrons. The van der Waals surface area contributed by atoms with Crippen LogP contribution in [0.5, 0.6) is 0 Å². The van der Waals surface area contributed by atoms with E-state index in [1.54, 1.807) is 0 Å². The molecule has 6 heteroatoms. The summed E-state index contributed by atoms with van der Waals surface area (Å²) in [4.78, 5) is 15.2. The van der Waals surface area contributed by atoms with E-state index in [2.05, 4.69) is 50.4 Å². The second-order valence-electron chi connectivity index (χ2n) is 7.36. The van der Waals surface area contributed by atoms with Gasteiger partial charge in [-0.1, -0.05) is 17.7 Å². The third-order valence-corrected chi connectivity index (χ3v) is 5.71. The summed E-state index contributed by atoms with van der Waals surface area (Å²) in [5.74, 6) is 0.0878. The number of carbonyl (C=O) groups is 1. The van der Waals surface area contributed by atoms with Crippen LogP contribution in [0.1, 0.15) is 47.6 Å². The molecule has 1 aromatic heterocycles. The van der Waals surface area contributed by atoms with Gasteiger partial charge in [-0.25, -0.2) is 4.68 Å². The Kier molecular flexibility index (Phi) is 5.39. The molecular formula is C20H27ClN4O. The monoisotopic (exact) mass is 374 g/mol. The largest absolute Gasteiger partial charge is 0.332 e. The summed E-state index contributed by atoms with van der Waals surface area (Å²) in [7, 11) is 0. The fraction of sp³-hybridized carbons (Fsp3) is 0.500. The Morgan fingerprint density at radius 3 is 2.65 bits per heavy atom. The zero-order valence-corrected chi connectivity index (χ0v) is 16.5. The van der Waals surface area contributed by atoms with Crippen LogP contribution in [0.2, 0.25) is 0 Å². The van der Waals surface area contributed by atoms with Crippen molar-refractivity contribution in [3.8, 4) is 5.69 Å². The number of fused-ring (bicyclic) bond motifs is 1. The van der Waals surface area contributed by atoms with Crippen molar-refractivity contribution in [2.24, 2.45) is 0 Å². The van der Waals surface area contributed by atoms with E-state index in [9.17, 15) is 4.79 Å². The van der Waals surface area contributed by atoms with E-state index in [0.29, 0.717) is 11.7 Å². The lowest BCUT2D eigenvalue weighted by atomic mass is 10.1. The molecule has 1 saturated heterocycles. The Hall–Kier alpha value is -1.85. The lowest BCUT2D eigenvalue weighted by Gasteiger charge is -2.38. The van der Waals surface area contributed by atoms with Crippen molar-refractivity contribution >= 4 is 18.3 Å². The normalized spacial score (nSPS) is 22.0. The van der Waals surface area contributed by atoms with Gasteiger partial charge in [0.1, 0.15) is 0 Å². The van der Waals surface area contributed by atoms with Crippen molar-refractivity contribution in [3.05, 3.63) is 46.8 Å². The number of rotatable bonds is 2. The van der Waals surface area contributed by atoms with E-state index in [-0.39, 0.29) is 24.4 Å². The number of nitrogens with zero attached hydrogens (tertiary/aromatic N) is 3. The molecule has 2 heterocycles. The molecule has 0 bridgehead atoms. The van der Waals surface area contributed by atoms with Gasteiger partial charge >= 0.3 is 0 Å². The number of amides is 1. The van der Waals surface area contributed by atoms with Gasteiger partial charge in [0.15, 0.2) is 5.69 Å². The molecule has 2 aliphatic rings. The van der Waals surface area contributed by atoms with Crippen LogP contribution in [0, 0.1) is 6.92 Å². The van der Waals surface area contributed by atoms with Gasteiger partial charge in [0, 0.05) is 36.4 Å². The van der Waals surface area contributed by atoms with Gasteiger partial charge in [-0.2, -0.15) is 5.10 Å². The quantitative estimate of drug-likeness (QED) is 0.879. The van der Waals surface area contributed by atoms with Gasteiger partial charge in [0.05, 0.1) is 5.69 Å². The van der Waals surface area contributed by atoms with Crippen LogP contribution in [0.4, 0.5) is 0 Å². The topological polar surface area (TPSA) is 50.2 Å². The number of hydrogen-bond acceptors (Lipinski definition) is 3. The summed E-state index contributed by atoms with van der Waals surface area (Å²) in [5.41, 5.74) is 5.30. The molecule has 1 aliphatic heterocycles. The first kappa shape index (κ1) is 18.9. The first-order chi connectivity index (χ1) is 12.1. The van der Waals surface area contributed by atoms with Crippen LogP contribution in [-0.2, 0) is 12.8 Å². The highest BCUT2D eigenvalue weighted by atomic mass is 35.5. The fourth-order valence-corrected chi connectivity index (χ4v) is 3.99. The summed E-state index contributed by atoms with van der Waals surface area (Å²) in [6, 6.07) is 8.86. The molecule has 5 nitrogen and oxygen atoms in total. The minimum atomic E-state index is 0. The minimum absolute atomic E-state index is 0. The molecule has 1 aromatic carbocycles. The number of nitrogens with one attached hydrogen (secondary N) is 1. The number of hydrogen-bond donors (Lipinski definition) is 1. The Morgan fingerprint density at radius 2 is 1.92 bits per heavy atom. The molecular weight excluding hydrogens is 348 g/mol. The lowest BCUT2D eigenvalue weighted by Crippen LogP contribution is -2.57. The van der Waals surface area contributed by atoms with Crippen molar-refractivity contribution in [1.29, 1.82) is 0 Å². The molecule has 0 saturated carbocycles. The summed E-state index contributed by atoms with van der Waals surface area (Å²) >= 11 is 0. The van der Waals surface area contributed by atoms with Crippen molar-refractivity contribution < 1.29 is 4.79 Å². The van der Waals surface area contributed by atoms with Gasteiger partial charge < -0.3 is 10.2 Å². The molecule has 1 aliphatic carbocycles. The molecule has 4 rings (SSSR count). The van der Waals surface area contributed by atoms with E-state index in [4.69, 9.17) is 5.10 Å². The van der Waals surface area contributed by atoms with Crippen LogP contribution in [0.15, 0.2) is 24.3 Å². The molecule has 2 aromatic rings. The van der Waals surface area contributed by atoms with Crippen molar-refractivity contribution in [2.75, 3.05) is 13.1 Å². The van der Waals surface area contributed by atoms with Crippen molar-refractivity contribution in [3.63, 3.8) is 0 Å². The average Bonchev–Trinajstić information content (AvgIpc) is 3.20. The zero-order valence-electron chi connectivity index (χ0n) is 15.7. The number of halogens is 1. The first-order valence-electron chi connectivity index (χ1n) is 9.28. The molecule has 26 heavy (non-hydrogen) atoms. The third kappa shape index (κ3) is 3.14. The molecule has 0 spiro atoms. The Morgan fingerprint density at radius 1 is 1.19 bits per heavy atom. The molecule has 1 fully saturated rings. The Labute approximate surface area is 161 Å².